The third-order valence-electron chi connectivity index (χ3n) is 3.99. The predicted octanol–water partition coefficient (Wildman–Crippen LogP) is 2.58. The molecule has 0 aliphatic carbocycles. The summed E-state index contributed by atoms with van der Waals surface area (Å²) in [6, 6.07) is 9.81. The van der Waals surface area contributed by atoms with E-state index in [1.54, 1.807) is 19.1 Å². The van der Waals surface area contributed by atoms with E-state index in [4.69, 9.17) is 9.47 Å². The van der Waals surface area contributed by atoms with Crippen LogP contribution < -0.4 is 5.32 Å². The lowest BCUT2D eigenvalue weighted by Crippen LogP contribution is -2.43. The highest BCUT2D eigenvalue weighted by Gasteiger charge is 2.19. The number of carbonyl (C=O) groups is 1. The Kier molecular flexibility index (Phi) is 6.68. The molecule has 1 saturated heterocycles. The smallest absolute Gasteiger partial charge is 0.317 e. The van der Waals surface area contributed by atoms with Gasteiger partial charge in [0.05, 0.1) is 12.2 Å². The molecular formula is C17H26N2O3. The van der Waals surface area contributed by atoms with Gasteiger partial charge in [-0.05, 0) is 24.8 Å². The van der Waals surface area contributed by atoms with Crippen molar-refractivity contribution in [2.24, 2.45) is 0 Å². The molecule has 0 aromatic heterocycles. The second-order valence-corrected chi connectivity index (χ2v) is 5.69. The topological polar surface area (TPSA) is 50.8 Å². The Morgan fingerprint density at radius 3 is 2.82 bits per heavy atom. The zero-order valence-electron chi connectivity index (χ0n) is 13.5. The fourth-order valence-electron chi connectivity index (χ4n) is 2.66. The van der Waals surface area contributed by atoms with Crippen molar-refractivity contribution in [3.8, 4) is 0 Å². The molecule has 0 spiro atoms. The maximum Gasteiger partial charge on any atom is 0.317 e. The van der Waals surface area contributed by atoms with Crippen molar-refractivity contribution in [3.05, 3.63) is 35.9 Å². The quantitative estimate of drug-likeness (QED) is 0.879. The molecule has 0 saturated carbocycles. The number of hydrogen-bond donors (Lipinski definition) is 1. The lowest BCUT2D eigenvalue weighted by atomic mass is 10.1. The molecule has 1 aliphatic heterocycles. The normalized spacial score (nSPS) is 19.5. The Labute approximate surface area is 132 Å². The van der Waals surface area contributed by atoms with Gasteiger partial charge < -0.3 is 19.7 Å². The van der Waals surface area contributed by atoms with E-state index in [9.17, 15) is 4.79 Å². The number of ether oxygens (including phenoxy) is 2. The van der Waals surface area contributed by atoms with Gasteiger partial charge in [0, 0.05) is 33.9 Å². The number of hydrogen-bond acceptors (Lipinski definition) is 3. The third kappa shape index (κ3) is 5.00. The van der Waals surface area contributed by atoms with Crippen LogP contribution in [0.1, 0.15) is 30.9 Å². The van der Waals surface area contributed by atoms with Gasteiger partial charge >= 0.3 is 6.03 Å². The van der Waals surface area contributed by atoms with E-state index in [0.29, 0.717) is 13.1 Å². The SMILES string of the molecule is COC(CNC(=O)N(C)CC1CCCCO1)c1ccccc1. The molecule has 5 heteroatoms. The largest absolute Gasteiger partial charge is 0.376 e. The van der Waals surface area contributed by atoms with E-state index < -0.39 is 0 Å². The Bertz CT molecular complexity index is 446. The highest BCUT2D eigenvalue weighted by molar-refractivity contribution is 5.73. The highest BCUT2D eigenvalue weighted by atomic mass is 16.5. The van der Waals surface area contributed by atoms with Crippen LogP contribution in [0.15, 0.2) is 30.3 Å². The molecular weight excluding hydrogens is 280 g/mol. The number of carbonyl (C=O) groups excluding carboxylic acids is 1. The number of urea groups is 1. The summed E-state index contributed by atoms with van der Waals surface area (Å²) < 4.78 is 11.1. The van der Waals surface area contributed by atoms with Gasteiger partial charge in [0.1, 0.15) is 0 Å². The summed E-state index contributed by atoms with van der Waals surface area (Å²) in [6.07, 6.45) is 3.36. The van der Waals surface area contributed by atoms with Gasteiger partial charge in [-0.1, -0.05) is 30.3 Å². The van der Waals surface area contributed by atoms with Crippen LogP contribution >= 0.6 is 0 Å². The summed E-state index contributed by atoms with van der Waals surface area (Å²) in [5.41, 5.74) is 1.06. The number of rotatable bonds is 6. The summed E-state index contributed by atoms with van der Waals surface area (Å²) in [5, 5.41) is 2.93. The molecule has 2 amide bonds. The van der Waals surface area contributed by atoms with Gasteiger partial charge in [0.25, 0.3) is 0 Å². The average molecular weight is 306 g/mol. The second-order valence-electron chi connectivity index (χ2n) is 5.69. The van der Waals surface area contributed by atoms with Gasteiger partial charge in [0.2, 0.25) is 0 Å². The average Bonchev–Trinajstić information content (AvgIpc) is 2.57. The molecule has 22 heavy (non-hydrogen) atoms. The first kappa shape index (κ1) is 16.8. The third-order valence-corrected chi connectivity index (χ3v) is 3.99. The highest BCUT2D eigenvalue weighted by Crippen LogP contribution is 2.15. The van der Waals surface area contributed by atoms with Crippen LogP contribution in [-0.4, -0.2) is 50.9 Å². The zero-order chi connectivity index (χ0) is 15.8. The van der Waals surface area contributed by atoms with Crippen LogP contribution in [0, 0.1) is 0 Å². The van der Waals surface area contributed by atoms with Crippen LogP contribution in [0.4, 0.5) is 4.79 Å². The number of likely N-dealkylation sites (N-methyl/N-ethyl adjacent to an activating group) is 1. The first-order valence-corrected chi connectivity index (χ1v) is 7.89. The van der Waals surface area contributed by atoms with Crippen LogP contribution in [0.3, 0.4) is 0 Å². The van der Waals surface area contributed by atoms with Gasteiger partial charge in [0.15, 0.2) is 0 Å². The summed E-state index contributed by atoms with van der Waals surface area (Å²) in [5.74, 6) is 0. The molecule has 122 valence electrons. The molecule has 1 aliphatic rings. The Morgan fingerprint density at radius 1 is 1.41 bits per heavy atom. The summed E-state index contributed by atoms with van der Waals surface area (Å²) in [7, 11) is 3.46. The second kappa shape index (κ2) is 8.76. The molecule has 1 N–H and O–H groups in total. The van der Waals surface area contributed by atoms with Crippen molar-refractivity contribution >= 4 is 6.03 Å². The minimum Gasteiger partial charge on any atom is -0.376 e. The summed E-state index contributed by atoms with van der Waals surface area (Å²) in [4.78, 5) is 13.9. The Hall–Kier alpha value is -1.59. The van der Waals surface area contributed by atoms with E-state index in [-0.39, 0.29) is 18.2 Å². The minimum atomic E-state index is -0.135. The van der Waals surface area contributed by atoms with E-state index >= 15 is 0 Å². The molecule has 5 nitrogen and oxygen atoms in total. The molecule has 1 aromatic rings. The van der Waals surface area contributed by atoms with E-state index in [1.165, 1.54) is 6.42 Å². The monoisotopic (exact) mass is 306 g/mol. The van der Waals surface area contributed by atoms with Gasteiger partial charge in [-0.2, -0.15) is 0 Å². The lowest BCUT2D eigenvalue weighted by Gasteiger charge is -2.28. The van der Waals surface area contributed by atoms with Crippen LogP contribution in [0.25, 0.3) is 0 Å². The molecule has 0 bridgehead atoms. The van der Waals surface area contributed by atoms with Gasteiger partial charge in [-0.3, -0.25) is 0 Å². The van der Waals surface area contributed by atoms with E-state index in [0.717, 1.165) is 25.0 Å². The summed E-state index contributed by atoms with van der Waals surface area (Å²) >= 11 is 0. The molecule has 0 radical (unpaired) electrons. The number of methoxy groups -OCH3 is 1. The van der Waals surface area contributed by atoms with Crippen molar-refractivity contribution in [2.45, 2.75) is 31.5 Å². The van der Waals surface area contributed by atoms with Gasteiger partial charge in [-0.15, -0.1) is 0 Å². The fraction of sp³-hybridized carbons (Fsp3) is 0.588. The maximum atomic E-state index is 12.2. The minimum absolute atomic E-state index is 0.0906. The molecule has 1 aromatic carbocycles. The van der Waals surface area contributed by atoms with Gasteiger partial charge in [-0.25, -0.2) is 4.79 Å². The van der Waals surface area contributed by atoms with Crippen LogP contribution in [0.5, 0.6) is 0 Å². The number of nitrogens with zero attached hydrogens (tertiary/aromatic N) is 1. The lowest BCUT2D eigenvalue weighted by molar-refractivity contribution is 0.00360. The van der Waals surface area contributed by atoms with Crippen molar-refractivity contribution < 1.29 is 14.3 Å². The standard InChI is InChI=1S/C17H26N2O3/c1-19(13-15-10-6-7-11-22-15)17(20)18-12-16(21-2)14-8-4-3-5-9-14/h3-5,8-9,15-16H,6-7,10-13H2,1-2H3,(H,18,20). The first-order valence-electron chi connectivity index (χ1n) is 7.89. The number of amides is 2. The van der Waals surface area contributed by atoms with Crippen LogP contribution in [-0.2, 0) is 9.47 Å². The molecule has 1 fully saturated rings. The molecule has 2 atom stereocenters. The predicted molar refractivity (Wildman–Crippen MR) is 85.8 cm³/mol. The van der Waals surface area contributed by atoms with E-state index in [1.807, 2.05) is 30.3 Å². The van der Waals surface area contributed by atoms with E-state index in [2.05, 4.69) is 5.32 Å². The fourth-order valence-corrected chi connectivity index (χ4v) is 2.66. The number of benzene rings is 1. The van der Waals surface area contributed by atoms with Crippen molar-refractivity contribution in [3.63, 3.8) is 0 Å². The van der Waals surface area contributed by atoms with Crippen molar-refractivity contribution in [1.82, 2.24) is 10.2 Å². The van der Waals surface area contributed by atoms with Crippen molar-refractivity contribution in [2.75, 3.05) is 33.9 Å². The van der Waals surface area contributed by atoms with Crippen molar-refractivity contribution in [1.29, 1.82) is 0 Å². The molecule has 1 heterocycles. The zero-order valence-corrected chi connectivity index (χ0v) is 13.5. The summed E-state index contributed by atoms with van der Waals surface area (Å²) in [6.45, 7) is 1.89. The Morgan fingerprint density at radius 2 is 2.18 bits per heavy atom. The molecule has 2 rings (SSSR count). The maximum absolute atomic E-state index is 12.2. The van der Waals surface area contributed by atoms with Crippen LogP contribution in [0.2, 0.25) is 0 Å². The Balaban J connectivity index is 1.78. The molecule has 2 unspecified atom stereocenters. The first-order chi connectivity index (χ1) is 10.7. The number of nitrogens with one attached hydrogen (secondary N) is 1.